The summed E-state index contributed by atoms with van der Waals surface area (Å²) in [7, 11) is 0. The molecule has 1 heterocycles. The molecule has 3 rings (SSSR count). The zero-order valence-corrected chi connectivity index (χ0v) is 12.4. The lowest BCUT2D eigenvalue weighted by Gasteiger charge is -2.18. The number of aryl methyl sites for hydroxylation is 1. The van der Waals surface area contributed by atoms with Crippen LogP contribution >= 0.6 is 0 Å². The normalized spacial score (nSPS) is 17.7. The Hall–Kier alpha value is -2.29. The molecule has 1 aliphatic heterocycles. The Morgan fingerprint density at radius 3 is 2.62 bits per heavy atom. The van der Waals surface area contributed by atoms with Gasteiger partial charge in [0.1, 0.15) is 6.04 Å². The smallest absolute Gasteiger partial charge is 0.243 e. The van der Waals surface area contributed by atoms with E-state index in [1.807, 2.05) is 25.1 Å². The van der Waals surface area contributed by atoms with Crippen LogP contribution in [0.4, 0.5) is 5.69 Å². The standard InChI is InChI=1S/C18H20N2O/c1-12-7-9-14(10-8-12)13(2)19-18(21)17-11-15-5-3-4-6-16(15)20-17/h3-10,13,17,20H,11H2,1-2H3,(H,19,21)/t13-,17?/m1/s1. The molecule has 0 bridgehead atoms. The number of anilines is 1. The Balaban J connectivity index is 1.64. The number of hydrogen-bond acceptors (Lipinski definition) is 2. The highest BCUT2D eigenvalue weighted by molar-refractivity contribution is 5.87. The summed E-state index contributed by atoms with van der Waals surface area (Å²) in [5.74, 6) is 0.0549. The van der Waals surface area contributed by atoms with E-state index < -0.39 is 0 Å². The number of amides is 1. The van der Waals surface area contributed by atoms with Gasteiger partial charge in [0.05, 0.1) is 6.04 Å². The lowest BCUT2D eigenvalue weighted by atomic mass is 10.1. The van der Waals surface area contributed by atoms with Crippen molar-refractivity contribution in [2.75, 3.05) is 5.32 Å². The van der Waals surface area contributed by atoms with Crippen molar-refractivity contribution in [2.45, 2.75) is 32.4 Å². The van der Waals surface area contributed by atoms with Gasteiger partial charge in [0.25, 0.3) is 0 Å². The number of rotatable bonds is 3. The van der Waals surface area contributed by atoms with Crippen molar-refractivity contribution in [2.24, 2.45) is 0 Å². The molecule has 0 aromatic heterocycles. The van der Waals surface area contributed by atoms with Crippen LogP contribution in [0.1, 0.15) is 29.7 Å². The van der Waals surface area contributed by atoms with Gasteiger partial charge in [0, 0.05) is 12.1 Å². The van der Waals surface area contributed by atoms with E-state index in [-0.39, 0.29) is 18.0 Å². The van der Waals surface area contributed by atoms with Crippen LogP contribution in [0.25, 0.3) is 0 Å². The third kappa shape index (κ3) is 2.92. The van der Waals surface area contributed by atoms with E-state index >= 15 is 0 Å². The molecule has 21 heavy (non-hydrogen) atoms. The maximum atomic E-state index is 12.4. The van der Waals surface area contributed by atoms with Crippen molar-refractivity contribution in [1.82, 2.24) is 5.32 Å². The predicted molar refractivity (Wildman–Crippen MR) is 85.3 cm³/mol. The van der Waals surface area contributed by atoms with Gasteiger partial charge in [-0.1, -0.05) is 48.0 Å². The minimum Gasteiger partial charge on any atom is -0.373 e. The molecule has 2 N–H and O–H groups in total. The van der Waals surface area contributed by atoms with Crippen LogP contribution in [0, 0.1) is 6.92 Å². The first-order valence-electron chi connectivity index (χ1n) is 7.35. The summed E-state index contributed by atoms with van der Waals surface area (Å²) in [6, 6.07) is 16.2. The van der Waals surface area contributed by atoms with Crippen molar-refractivity contribution < 1.29 is 4.79 Å². The van der Waals surface area contributed by atoms with Gasteiger partial charge in [0.2, 0.25) is 5.91 Å². The minimum absolute atomic E-state index is 0.0172. The highest BCUT2D eigenvalue weighted by atomic mass is 16.2. The molecule has 2 atom stereocenters. The van der Waals surface area contributed by atoms with Gasteiger partial charge in [-0.2, -0.15) is 0 Å². The first-order valence-corrected chi connectivity index (χ1v) is 7.35. The molecule has 1 aliphatic rings. The first kappa shape index (κ1) is 13.7. The van der Waals surface area contributed by atoms with E-state index in [1.165, 1.54) is 11.1 Å². The van der Waals surface area contributed by atoms with Crippen LogP contribution in [0.3, 0.4) is 0 Å². The molecule has 2 aromatic carbocycles. The summed E-state index contributed by atoms with van der Waals surface area (Å²) in [5, 5.41) is 6.38. The monoisotopic (exact) mass is 280 g/mol. The molecular weight excluding hydrogens is 260 g/mol. The van der Waals surface area contributed by atoms with Crippen LogP contribution in [0.2, 0.25) is 0 Å². The van der Waals surface area contributed by atoms with E-state index in [0.717, 1.165) is 17.7 Å². The Morgan fingerprint density at radius 1 is 1.19 bits per heavy atom. The number of benzene rings is 2. The Bertz CT molecular complexity index is 624. The van der Waals surface area contributed by atoms with Gasteiger partial charge in [0.15, 0.2) is 0 Å². The highest BCUT2D eigenvalue weighted by Crippen LogP contribution is 2.25. The summed E-state index contributed by atoms with van der Waals surface area (Å²) in [4.78, 5) is 12.4. The number of fused-ring (bicyclic) bond motifs is 1. The molecule has 0 saturated carbocycles. The zero-order valence-electron chi connectivity index (χ0n) is 12.4. The van der Waals surface area contributed by atoms with Gasteiger partial charge < -0.3 is 10.6 Å². The molecule has 1 amide bonds. The lowest BCUT2D eigenvalue weighted by molar-refractivity contribution is -0.122. The Kier molecular flexibility index (Phi) is 3.65. The molecular formula is C18H20N2O. The van der Waals surface area contributed by atoms with E-state index in [1.54, 1.807) is 0 Å². The Morgan fingerprint density at radius 2 is 1.90 bits per heavy atom. The van der Waals surface area contributed by atoms with Crippen molar-refractivity contribution in [3.05, 3.63) is 65.2 Å². The van der Waals surface area contributed by atoms with Crippen LogP contribution in [0.5, 0.6) is 0 Å². The minimum atomic E-state index is -0.171. The molecule has 0 fully saturated rings. The van der Waals surface area contributed by atoms with E-state index in [0.29, 0.717) is 0 Å². The van der Waals surface area contributed by atoms with Crippen LogP contribution in [-0.4, -0.2) is 11.9 Å². The molecule has 0 spiro atoms. The summed E-state index contributed by atoms with van der Waals surface area (Å²) < 4.78 is 0. The van der Waals surface area contributed by atoms with Gasteiger partial charge in [-0.15, -0.1) is 0 Å². The molecule has 0 saturated heterocycles. The van der Waals surface area contributed by atoms with Crippen LogP contribution in [-0.2, 0) is 11.2 Å². The largest absolute Gasteiger partial charge is 0.373 e. The second-order valence-electron chi connectivity index (χ2n) is 5.70. The van der Waals surface area contributed by atoms with Gasteiger partial charge in [-0.25, -0.2) is 0 Å². The van der Waals surface area contributed by atoms with Crippen molar-refractivity contribution in [3.63, 3.8) is 0 Å². The van der Waals surface area contributed by atoms with Gasteiger partial charge in [-0.3, -0.25) is 4.79 Å². The topological polar surface area (TPSA) is 41.1 Å². The average Bonchev–Trinajstić information content (AvgIpc) is 2.92. The molecule has 2 aromatic rings. The average molecular weight is 280 g/mol. The van der Waals surface area contributed by atoms with E-state index in [9.17, 15) is 4.79 Å². The van der Waals surface area contributed by atoms with Gasteiger partial charge >= 0.3 is 0 Å². The summed E-state index contributed by atoms with van der Waals surface area (Å²) >= 11 is 0. The van der Waals surface area contributed by atoms with E-state index in [2.05, 4.69) is 47.9 Å². The number of nitrogens with one attached hydrogen (secondary N) is 2. The van der Waals surface area contributed by atoms with Crippen molar-refractivity contribution in [1.29, 1.82) is 0 Å². The zero-order chi connectivity index (χ0) is 14.8. The third-order valence-corrected chi connectivity index (χ3v) is 4.02. The number of para-hydroxylation sites is 1. The predicted octanol–water partition coefficient (Wildman–Crippen LogP) is 3.21. The quantitative estimate of drug-likeness (QED) is 0.906. The fraction of sp³-hybridized carbons (Fsp3) is 0.278. The molecule has 3 nitrogen and oxygen atoms in total. The number of hydrogen-bond donors (Lipinski definition) is 2. The Labute approximate surface area is 125 Å². The first-order chi connectivity index (χ1) is 10.1. The SMILES string of the molecule is Cc1ccc([C@@H](C)NC(=O)C2Cc3ccccc3N2)cc1. The lowest BCUT2D eigenvalue weighted by Crippen LogP contribution is -2.39. The molecule has 108 valence electrons. The van der Waals surface area contributed by atoms with Crippen LogP contribution in [0.15, 0.2) is 48.5 Å². The highest BCUT2D eigenvalue weighted by Gasteiger charge is 2.27. The van der Waals surface area contributed by atoms with E-state index in [4.69, 9.17) is 0 Å². The molecule has 3 heteroatoms. The van der Waals surface area contributed by atoms with Crippen molar-refractivity contribution in [3.8, 4) is 0 Å². The van der Waals surface area contributed by atoms with Crippen molar-refractivity contribution >= 4 is 11.6 Å². The second-order valence-corrected chi connectivity index (χ2v) is 5.70. The second kappa shape index (κ2) is 5.60. The number of carbonyl (C=O) groups is 1. The fourth-order valence-electron chi connectivity index (χ4n) is 2.71. The summed E-state index contributed by atoms with van der Waals surface area (Å²) in [5.41, 5.74) is 4.64. The maximum absolute atomic E-state index is 12.4. The molecule has 0 radical (unpaired) electrons. The molecule has 1 unspecified atom stereocenters. The van der Waals surface area contributed by atoms with Crippen LogP contribution < -0.4 is 10.6 Å². The number of carbonyl (C=O) groups excluding carboxylic acids is 1. The summed E-state index contributed by atoms with van der Waals surface area (Å²) in [6.45, 7) is 4.08. The summed E-state index contributed by atoms with van der Waals surface area (Å²) in [6.07, 6.45) is 0.753. The fourth-order valence-corrected chi connectivity index (χ4v) is 2.71. The molecule has 0 aliphatic carbocycles. The van der Waals surface area contributed by atoms with Gasteiger partial charge in [-0.05, 0) is 31.0 Å². The maximum Gasteiger partial charge on any atom is 0.243 e. The third-order valence-electron chi connectivity index (χ3n) is 4.02.